The number of hydrogen-bond donors (Lipinski definition) is 4. The molecule has 1 aliphatic heterocycles. The van der Waals surface area contributed by atoms with Crippen molar-refractivity contribution in [2.45, 2.75) is 143 Å². The highest BCUT2D eigenvalue weighted by Gasteiger charge is 2.44. The van der Waals surface area contributed by atoms with Gasteiger partial charge in [-0.15, -0.1) is 6.58 Å². The van der Waals surface area contributed by atoms with E-state index in [4.69, 9.17) is 0 Å². The SMILES string of the molecule is C=CCCNC(=O)C(=O)C(CC(C)CC)NC(=O)[C@@H]1CCCN1C(=O)[C@@H](NC(=O)NC1(CS(C)=O)CCCCC1)C(C)(C)C.CCC. The molecule has 5 amide bonds. The molecule has 2 rings (SSSR count). The lowest BCUT2D eigenvalue weighted by Gasteiger charge is -2.40. The van der Waals surface area contributed by atoms with Crippen molar-refractivity contribution in [1.29, 1.82) is 0 Å². The van der Waals surface area contributed by atoms with E-state index in [1.165, 1.54) is 11.3 Å². The first-order valence-electron chi connectivity index (χ1n) is 17.5. The highest BCUT2D eigenvalue weighted by Crippen LogP contribution is 2.30. The molecule has 0 spiro atoms. The predicted octanol–water partition coefficient (Wildman–Crippen LogP) is 4.37. The minimum absolute atomic E-state index is 0.0807. The second-order valence-corrected chi connectivity index (χ2v) is 15.8. The van der Waals surface area contributed by atoms with Crippen LogP contribution in [0.5, 0.6) is 0 Å². The molecule has 1 aliphatic carbocycles. The molecule has 0 radical (unpaired) electrons. The number of carbonyl (C=O) groups excluding carboxylic acids is 5. The Bertz CT molecular complexity index is 1080. The average Bonchev–Trinajstić information content (AvgIpc) is 3.49. The van der Waals surface area contributed by atoms with Crippen LogP contribution < -0.4 is 21.3 Å². The molecule has 2 fully saturated rings. The van der Waals surface area contributed by atoms with Crippen molar-refractivity contribution in [2.24, 2.45) is 11.3 Å². The van der Waals surface area contributed by atoms with E-state index in [9.17, 15) is 28.2 Å². The molecule has 0 bridgehead atoms. The summed E-state index contributed by atoms with van der Waals surface area (Å²) in [6.45, 7) is 17.9. The molecular weight excluding hydrogens is 618 g/mol. The first-order valence-corrected chi connectivity index (χ1v) is 19.2. The Labute approximate surface area is 286 Å². The van der Waals surface area contributed by atoms with Gasteiger partial charge in [-0.1, -0.05) is 86.6 Å². The number of ketones is 1. The van der Waals surface area contributed by atoms with E-state index in [-0.39, 0.29) is 18.4 Å². The van der Waals surface area contributed by atoms with E-state index in [1.807, 2.05) is 34.6 Å². The fourth-order valence-corrected chi connectivity index (χ4v) is 7.19. The van der Waals surface area contributed by atoms with Crippen LogP contribution in [0.15, 0.2) is 12.7 Å². The standard InChI is InChI=1S/C32H55N5O6S.C3H8/c1-8-10-18-33-28(40)25(38)23(20-22(3)9-2)34-27(39)24-15-14-19-37(24)29(41)26(31(4,5)6)35-30(42)36-32(21-44(7)43)16-12-11-13-17-32;1-3-2/h8,22-24,26H,1,9-21H2,2-7H3,(H,33,40)(H,34,39)(H2,35,36,42);3H2,1-2H3/t22?,23?,24-,26+,44?;/m0./s1. The average molecular weight is 682 g/mol. The maximum atomic E-state index is 14.0. The topological polar surface area (TPSA) is 154 Å². The van der Waals surface area contributed by atoms with Crippen molar-refractivity contribution in [3.8, 4) is 0 Å². The number of Topliss-reactive ketones (excluding diaryl/α,β-unsaturated/α-hetero) is 1. The third-order valence-corrected chi connectivity index (χ3v) is 9.68. The van der Waals surface area contributed by atoms with Crippen molar-refractivity contribution in [1.82, 2.24) is 26.2 Å². The molecule has 0 aromatic rings. The van der Waals surface area contributed by atoms with Crippen molar-refractivity contribution >= 4 is 40.3 Å². The number of likely N-dealkylation sites (tertiary alicyclic amines) is 1. The lowest BCUT2D eigenvalue weighted by Crippen LogP contribution is -2.63. The molecule has 5 atom stereocenters. The molecule has 0 aromatic carbocycles. The maximum absolute atomic E-state index is 14.0. The zero-order chi connectivity index (χ0) is 35.8. The summed E-state index contributed by atoms with van der Waals surface area (Å²) in [5.41, 5.74) is -1.26. The lowest BCUT2D eigenvalue weighted by molar-refractivity contribution is -0.144. The lowest BCUT2D eigenvalue weighted by atomic mass is 9.83. The van der Waals surface area contributed by atoms with Crippen LogP contribution in [-0.4, -0.2) is 87.4 Å². The molecule has 270 valence electrons. The van der Waals surface area contributed by atoms with Crippen LogP contribution >= 0.6 is 0 Å². The molecule has 12 heteroatoms. The van der Waals surface area contributed by atoms with Gasteiger partial charge < -0.3 is 26.2 Å². The fraction of sp³-hybridized carbons (Fsp3) is 0.800. The van der Waals surface area contributed by atoms with E-state index in [2.05, 4.69) is 41.7 Å². The molecule has 1 heterocycles. The zero-order valence-electron chi connectivity index (χ0n) is 30.3. The summed E-state index contributed by atoms with van der Waals surface area (Å²) in [5.74, 6) is -1.91. The second kappa shape index (κ2) is 20.6. The highest BCUT2D eigenvalue weighted by atomic mass is 32.2. The normalized spacial score (nSPS) is 19.9. The maximum Gasteiger partial charge on any atom is 0.315 e. The van der Waals surface area contributed by atoms with E-state index in [0.717, 1.165) is 38.5 Å². The van der Waals surface area contributed by atoms with Gasteiger partial charge in [-0.25, -0.2) is 4.79 Å². The summed E-state index contributed by atoms with van der Waals surface area (Å²) >= 11 is 0. The largest absolute Gasteiger partial charge is 0.349 e. The zero-order valence-corrected chi connectivity index (χ0v) is 31.1. The Balaban J connectivity index is 0.00000354. The third-order valence-electron chi connectivity index (χ3n) is 8.72. The smallest absolute Gasteiger partial charge is 0.315 e. The van der Waals surface area contributed by atoms with Crippen molar-refractivity contribution in [3.05, 3.63) is 12.7 Å². The van der Waals surface area contributed by atoms with E-state index in [1.54, 1.807) is 12.3 Å². The van der Waals surface area contributed by atoms with Gasteiger partial charge in [-0.05, 0) is 49.9 Å². The van der Waals surface area contributed by atoms with E-state index >= 15 is 0 Å². The first kappa shape index (κ1) is 42.3. The number of carbonyl (C=O) groups is 5. The molecule has 47 heavy (non-hydrogen) atoms. The predicted molar refractivity (Wildman–Crippen MR) is 189 cm³/mol. The molecular formula is C35H63N5O6S. The van der Waals surface area contributed by atoms with Gasteiger partial charge in [-0.2, -0.15) is 0 Å². The molecule has 1 saturated heterocycles. The van der Waals surface area contributed by atoms with Crippen LogP contribution in [0.3, 0.4) is 0 Å². The van der Waals surface area contributed by atoms with Crippen LogP contribution in [0.1, 0.15) is 119 Å². The number of rotatable bonds is 15. The van der Waals surface area contributed by atoms with Crippen molar-refractivity contribution in [2.75, 3.05) is 25.1 Å². The van der Waals surface area contributed by atoms with E-state index < -0.39 is 63.5 Å². The van der Waals surface area contributed by atoms with Crippen LogP contribution in [0.25, 0.3) is 0 Å². The quantitative estimate of drug-likeness (QED) is 0.114. The van der Waals surface area contributed by atoms with Crippen molar-refractivity contribution in [3.63, 3.8) is 0 Å². The summed E-state index contributed by atoms with van der Waals surface area (Å²) in [7, 11) is -1.10. The number of nitrogens with one attached hydrogen (secondary N) is 4. The van der Waals surface area contributed by atoms with Gasteiger partial charge in [0.25, 0.3) is 5.91 Å². The van der Waals surface area contributed by atoms with Gasteiger partial charge in [0.2, 0.25) is 17.6 Å². The van der Waals surface area contributed by atoms with Crippen LogP contribution in [0.4, 0.5) is 4.79 Å². The Morgan fingerprint density at radius 3 is 2.17 bits per heavy atom. The van der Waals surface area contributed by atoms with Gasteiger partial charge in [0.15, 0.2) is 0 Å². The van der Waals surface area contributed by atoms with Gasteiger partial charge in [-0.3, -0.25) is 23.4 Å². The fourth-order valence-electron chi connectivity index (χ4n) is 6.05. The summed E-state index contributed by atoms with van der Waals surface area (Å²) in [6, 6.07) is -3.28. The summed E-state index contributed by atoms with van der Waals surface area (Å²) < 4.78 is 12.1. The highest BCUT2D eigenvalue weighted by molar-refractivity contribution is 7.84. The van der Waals surface area contributed by atoms with Crippen LogP contribution in [-0.2, 0) is 30.0 Å². The van der Waals surface area contributed by atoms with Gasteiger partial charge in [0.05, 0.1) is 11.6 Å². The third kappa shape index (κ3) is 14.1. The monoisotopic (exact) mass is 681 g/mol. The Morgan fingerprint density at radius 1 is 1.02 bits per heavy atom. The first-order chi connectivity index (χ1) is 22.0. The molecule has 0 aromatic heterocycles. The van der Waals surface area contributed by atoms with Crippen LogP contribution in [0, 0.1) is 11.3 Å². The number of urea groups is 1. The van der Waals surface area contributed by atoms with E-state index in [0.29, 0.717) is 38.0 Å². The molecule has 11 nitrogen and oxygen atoms in total. The Morgan fingerprint density at radius 2 is 1.64 bits per heavy atom. The molecule has 2 aliphatic rings. The summed E-state index contributed by atoms with van der Waals surface area (Å²) in [6.07, 6.45) is 11.5. The minimum atomic E-state index is -1.10. The van der Waals surface area contributed by atoms with Gasteiger partial charge >= 0.3 is 6.03 Å². The van der Waals surface area contributed by atoms with Crippen LogP contribution in [0.2, 0.25) is 0 Å². The molecule has 1 saturated carbocycles. The Hall–Kier alpha value is -2.76. The molecule has 3 unspecified atom stereocenters. The van der Waals surface area contributed by atoms with Gasteiger partial charge in [0.1, 0.15) is 12.1 Å². The summed E-state index contributed by atoms with van der Waals surface area (Å²) in [4.78, 5) is 68.1. The number of hydrogen-bond acceptors (Lipinski definition) is 6. The summed E-state index contributed by atoms with van der Waals surface area (Å²) in [5, 5.41) is 11.3. The Kier molecular flexibility index (Phi) is 18.5. The minimum Gasteiger partial charge on any atom is -0.349 e. The number of nitrogens with zero attached hydrogens (tertiary/aromatic N) is 1. The molecule has 4 N–H and O–H groups in total. The number of amides is 5. The van der Waals surface area contributed by atoms with Gasteiger partial charge in [0, 0.05) is 35.9 Å². The van der Waals surface area contributed by atoms with Crippen molar-refractivity contribution < 1.29 is 28.2 Å². The second-order valence-electron chi connectivity index (χ2n) is 14.4.